The lowest BCUT2D eigenvalue weighted by Crippen LogP contribution is -2.26. The minimum Gasteiger partial charge on any atom is -0.324 e. The molecule has 2 aromatic carbocycles. The zero-order valence-electron chi connectivity index (χ0n) is 16.4. The molecule has 5 nitrogen and oxygen atoms in total. The van der Waals surface area contributed by atoms with E-state index in [1.807, 2.05) is 69.3 Å². The Labute approximate surface area is 160 Å². The normalized spacial score (nSPS) is 10.6. The molecule has 0 spiro atoms. The zero-order chi connectivity index (χ0) is 19.6. The van der Waals surface area contributed by atoms with Crippen LogP contribution in [0.1, 0.15) is 32.9 Å². The Morgan fingerprint density at radius 2 is 1.59 bits per heavy atom. The van der Waals surface area contributed by atoms with Crippen molar-refractivity contribution in [3.8, 4) is 0 Å². The van der Waals surface area contributed by atoms with Crippen molar-refractivity contribution >= 4 is 23.2 Å². The molecule has 0 fully saturated rings. The van der Waals surface area contributed by atoms with Crippen LogP contribution in [0.4, 0.5) is 17.3 Å². The molecule has 5 heteroatoms. The lowest BCUT2D eigenvalue weighted by Gasteiger charge is -2.19. The van der Waals surface area contributed by atoms with Gasteiger partial charge in [-0.1, -0.05) is 12.1 Å². The lowest BCUT2D eigenvalue weighted by atomic mass is 10.1. The maximum absolute atomic E-state index is 12.9. The third-order valence-corrected chi connectivity index (χ3v) is 4.53. The topological polar surface area (TPSA) is 58.1 Å². The van der Waals surface area contributed by atoms with Gasteiger partial charge in [-0.3, -0.25) is 4.79 Å². The van der Waals surface area contributed by atoms with Crippen LogP contribution in [0.3, 0.4) is 0 Å². The Bertz CT molecular complexity index is 977. The van der Waals surface area contributed by atoms with Gasteiger partial charge in [-0.15, -0.1) is 0 Å². The molecule has 1 amide bonds. The standard InChI is InChI=1S/C22H24N4O/c1-14-9-10-20(11-15(14)2)26(5)21(27)18-7-6-8-19(13-18)25-22-23-16(3)12-17(4)24-22/h6-13H,1-5H3,(H,23,24,25). The first kappa shape index (κ1) is 18.6. The van der Waals surface area contributed by atoms with Gasteiger partial charge in [-0.25, -0.2) is 9.97 Å². The second-order valence-corrected chi connectivity index (χ2v) is 6.81. The van der Waals surface area contributed by atoms with Crippen molar-refractivity contribution in [2.24, 2.45) is 0 Å². The molecule has 0 saturated heterocycles. The largest absolute Gasteiger partial charge is 0.324 e. The van der Waals surface area contributed by atoms with Gasteiger partial charge in [0.2, 0.25) is 5.95 Å². The molecule has 27 heavy (non-hydrogen) atoms. The minimum absolute atomic E-state index is 0.0664. The predicted octanol–water partition coefficient (Wildman–Crippen LogP) is 4.73. The number of rotatable bonds is 4. The maximum Gasteiger partial charge on any atom is 0.258 e. The fraction of sp³-hybridized carbons (Fsp3) is 0.227. The van der Waals surface area contributed by atoms with E-state index in [4.69, 9.17) is 0 Å². The van der Waals surface area contributed by atoms with Gasteiger partial charge in [0.1, 0.15) is 0 Å². The number of benzene rings is 2. The number of nitrogens with one attached hydrogen (secondary N) is 1. The van der Waals surface area contributed by atoms with Gasteiger partial charge in [0.25, 0.3) is 5.91 Å². The van der Waals surface area contributed by atoms with E-state index in [1.165, 1.54) is 5.56 Å². The quantitative estimate of drug-likeness (QED) is 0.731. The molecule has 0 aliphatic carbocycles. The third kappa shape index (κ3) is 4.31. The molecule has 0 aliphatic rings. The van der Waals surface area contributed by atoms with Crippen molar-refractivity contribution < 1.29 is 4.79 Å². The molecule has 1 heterocycles. The van der Waals surface area contributed by atoms with Crippen LogP contribution in [0.2, 0.25) is 0 Å². The summed E-state index contributed by atoms with van der Waals surface area (Å²) in [5, 5.41) is 3.18. The Kier molecular flexibility index (Phi) is 5.21. The highest BCUT2D eigenvalue weighted by molar-refractivity contribution is 6.06. The first-order valence-corrected chi connectivity index (χ1v) is 8.88. The van der Waals surface area contributed by atoms with Gasteiger partial charge in [-0.05, 0) is 75.2 Å². The summed E-state index contributed by atoms with van der Waals surface area (Å²) in [4.78, 5) is 23.4. The monoisotopic (exact) mass is 360 g/mol. The van der Waals surface area contributed by atoms with Crippen molar-refractivity contribution in [3.05, 3.63) is 76.6 Å². The molecule has 0 atom stereocenters. The molecule has 0 radical (unpaired) electrons. The third-order valence-electron chi connectivity index (χ3n) is 4.53. The SMILES string of the molecule is Cc1cc(C)nc(Nc2cccc(C(=O)N(C)c3ccc(C)c(C)c3)c2)n1. The Hall–Kier alpha value is -3.21. The number of amides is 1. The number of aryl methyl sites for hydroxylation is 4. The summed E-state index contributed by atoms with van der Waals surface area (Å²) in [6.07, 6.45) is 0. The number of anilines is 3. The summed E-state index contributed by atoms with van der Waals surface area (Å²) >= 11 is 0. The lowest BCUT2D eigenvalue weighted by molar-refractivity contribution is 0.0993. The number of nitrogens with zero attached hydrogens (tertiary/aromatic N) is 3. The first-order valence-electron chi connectivity index (χ1n) is 8.88. The van der Waals surface area contributed by atoms with Gasteiger partial charge in [0.15, 0.2) is 0 Å². The van der Waals surface area contributed by atoms with Crippen molar-refractivity contribution in [1.82, 2.24) is 9.97 Å². The number of hydrogen-bond donors (Lipinski definition) is 1. The Balaban J connectivity index is 1.83. The Morgan fingerprint density at radius 3 is 2.26 bits per heavy atom. The van der Waals surface area contributed by atoms with Gasteiger partial charge < -0.3 is 10.2 Å². The molecule has 1 aromatic heterocycles. The van der Waals surface area contributed by atoms with E-state index in [2.05, 4.69) is 22.2 Å². The highest BCUT2D eigenvalue weighted by Gasteiger charge is 2.14. The fourth-order valence-corrected chi connectivity index (χ4v) is 2.89. The van der Waals surface area contributed by atoms with Gasteiger partial charge in [0, 0.05) is 35.4 Å². The van der Waals surface area contributed by atoms with Crippen LogP contribution in [0.25, 0.3) is 0 Å². The fourth-order valence-electron chi connectivity index (χ4n) is 2.89. The van der Waals surface area contributed by atoms with Crippen LogP contribution in [0, 0.1) is 27.7 Å². The molecular formula is C22H24N4O. The molecule has 0 saturated carbocycles. The van der Waals surface area contributed by atoms with Crippen molar-refractivity contribution in [3.63, 3.8) is 0 Å². The highest BCUT2D eigenvalue weighted by Crippen LogP contribution is 2.21. The maximum atomic E-state index is 12.9. The van der Waals surface area contributed by atoms with E-state index >= 15 is 0 Å². The summed E-state index contributed by atoms with van der Waals surface area (Å²) in [6.45, 7) is 7.97. The van der Waals surface area contributed by atoms with E-state index in [0.717, 1.165) is 28.3 Å². The molecule has 3 aromatic rings. The molecule has 0 bridgehead atoms. The average Bonchev–Trinajstić information content (AvgIpc) is 2.62. The van der Waals surface area contributed by atoms with Gasteiger partial charge >= 0.3 is 0 Å². The molecular weight excluding hydrogens is 336 g/mol. The summed E-state index contributed by atoms with van der Waals surface area (Å²) in [7, 11) is 1.79. The second kappa shape index (κ2) is 7.58. The van der Waals surface area contributed by atoms with Crippen LogP contribution in [-0.2, 0) is 0 Å². The molecule has 138 valence electrons. The first-order chi connectivity index (χ1) is 12.8. The number of carbonyl (C=O) groups is 1. The van der Waals surface area contributed by atoms with E-state index in [1.54, 1.807) is 11.9 Å². The van der Waals surface area contributed by atoms with Crippen LogP contribution in [0.15, 0.2) is 48.5 Å². The van der Waals surface area contributed by atoms with Crippen LogP contribution < -0.4 is 10.2 Å². The summed E-state index contributed by atoms with van der Waals surface area (Å²) in [5.74, 6) is 0.461. The van der Waals surface area contributed by atoms with E-state index in [0.29, 0.717) is 11.5 Å². The van der Waals surface area contributed by atoms with Gasteiger partial charge in [-0.2, -0.15) is 0 Å². The predicted molar refractivity (Wildman–Crippen MR) is 110 cm³/mol. The van der Waals surface area contributed by atoms with E-state index in [9.17, 15) is 4.79 Å². The zero-order valence-corrected chi connectivity index (χ0v) is 16.4. The number of aromatic nitrogens is 2. The summed E-state index contributed by atoms with van der Waals surface area (Å²) < 4.78 is 0. The highest BCUT2D eigenvalue weighted by atomic mass is 16.2. The smallest absolute Gasteiger partial charge is 0.258 e. The second-order valence-electron chi connectivity index (χ2n) is 6.81. The number of carbonyl (C=O) groups excluding carboxylic acids is 1. The van der Waals surface area contributed by atoms with Crippen molar-refractivity contribution in [2.75, 3.05) is 17.3 Å². The molecule has 1 N–H and O–H groups in total. The van der Waals surface area contributed by atoms with Crippen LogP contribution in [-0.4, -0.2) is 22.9 Å². The summed E-state index contributed by atoms with van der Waals surface area (Å²) in [5.41, 5.74) is 6.41. The minimum atomic E-state index is -0.0664. The molecule has 0 aliphatic heterocycles. The van der Waals surface area contributed by atoms with E-state index in [-0.39, 0.29) is 5.91 Å². The summed E-state index contributed by atoms with van der Waals surface area (Å²) in [6, 6.07) is 15.3. The van der Waals surface area contributed by atoms with Crippen molar-refractivity contribution in [2.45, 2.75) is 27.7 Å². The van der Waals surface area contributed by atoms with Crippen molar-refractivity contribution in [1.29, 1.82) is 0 Å². The van der Waals surface area contributed by atoms with E-state index < -0.39 is 0 Å². The van der Waals surface area contributed by atoms with Gasteiger partial charge in [0.05, 0.1) is 0 Å². The van der Waals surface area contributed by atoms with Crippen LogP contribution >= 0.6 is 0 Å². The Morgan fingerprint density at radius 1 is 0.889 bits per heavy atom. The van der Waals surface area contributed by atoms with Crippen LogP contribution in [0.5, 0.6) is 0 Å². The molecule has 0 unspecified atom stereocenters. The average molecular weight is 360 g/mol. The number of hydrogen-bond acceptors (Lipinski definition) is 4. The molecule has 3 rings (SSSR count).